The Balaban J connectivity index is 1.76. The number of nitrogens with zero attached hydrogens (tertiary/aromatic N) is 1. The van der Waals surface area contributed by atoms with E-state index in [2.05, 4.69) is 23.8 Å². The lowest BCUT2D eigenvalue weighted by atomic mass is 9.88. The maximum atomic E-state index is 12.1. The molecule has 3 rings (SSSR count). The average Bonchev–Trinajstić information content (AvgIpc) is 2.90. The predicted octanol–water partition coefficient (Wildman–Crippen LogP) is 3.64. The van der Waals surface area contributed by atoms with Crippen LogP contribution in [0.25, 0.3) is 10.2 Å². The summed E-state index contributed by atoms with van der Waals surface area (Å²) in [6.45, 7) is 4.74. The van der Waals surface area contributed by atoms with Crippen LogP contribution < -0.4 is 5.56 Å². The number of aromatic amines is 1. The number of rotatable bonds is 4. The minimum absolute atomic E-state index is 0.0498. The molecule has 0 bridgehead atoms. The highest BCUT2D eigenvalue weighted by atomic mass is 32.1. The summed E-state index contributed by atoms with van der Waals surface area (Å²) in [4.78, 5) is 21.5. The van der Waals surface area contributed by atoms with Crippen molar-refractivity contribution >= 4 is 21.6 Å². The highest BCUT2D eigenvalue weighted by molar-refractivity contribution is 7.18. The Hall–Kier alpha value is -1.20. The van der Waals surface area contributed by atoms with E-state index >= 15 is 0 Å². The third kappa shape index (κ3) is 3.19. The number of H-pyrrole nitrogens is 1. The van der Waals surface area contributed by atoms with E-state index in [1.807, 2.05) is 6.07 Å². The average molecular weight is 306 g/mol. The van der Waals surface area contributed by atoms with Crippen molar-refractivity contribution in [1.82, 2.24) is 9.97 Å². The number of hydrogen-bond acceptors (Lipinski definition) is 4. The van der Waals surface area contributed by atoms with Gasteiger partial charge >= 0.3 is 0 Å². The molecule has 1 N–H and O–H groups in total. The zero-order valence-corrected chi connectivity index (χ0v) is 13.5. The standard InChI is InChI=1S/C16H22N2O2S/c1-3-11-8-12-15(19)17-14(18-16(12)21-11)9-20-13-7-5-4-6-10(13)2/h8,10,13H,3-7,9H2,1-2H3,(H,17,18,19). The molecule has 1 aliphatic carbocycles. The number of hydrogen-bond donors (Lipinski definition) is 1. The first kappa shape index (κ1) is 14.7. The molecule has 2 atom stereocenters. The topological polar surface area (TPSA) is 55.0 Å². The Bertz CT molecular complexity index is 676. The van der Waals surface area contributed by atoms with Crippen LogP contribution in [-0.2, 0) is 17.8 Å². The minimum atomic E-state index is -0.0498. The summed E-state index contributed by atoms with van der Waals surface area (Å²) in [5, 5.41) is 0.701. The summed E-state index contributed by atoms with van der Waals surface area (Å²) in [6.07, 6.45) is 6.13. The Morgan fingerprint density at radius 2 is 2.24 bits per heavy atom. The van der Waals surface area contributed by atoms with E-state index in [9.17, 15) is 4.79 Å². The molecule has 21 heavy (non-hydrogen) atoms. The number of nitrogens with one attached hydrogen (secondary N) is 1. The molecule has 0 amide bonds. The summed E-state index contributed by atoms with van der Waals surface area (Å²) in [5.74, 6) is 1.25. The normalized spacial score (nSPS) is 22.8. The fourth-order valence-electron chi connectivity index (χ4n) is 2.98. The molecular weight excluding hydrogens is 284 g/mol. The molecule has 114 valence electrons. The van der Waals surface area contributed by atoms with Gasteiger partial charge in [-0.15, -0.1) is 11.3 Å². The van der Waals surface area contributed by atoms with Crippen molar-refractivity contribution in [3.05, 3.63) is 27.1 Å². The van der Waals surface area contributed by atoms with E-state index in [-0.39, 0.29) is 5.56 Å². The summed E-state index contributed by atoms with van der Waals surface area (Å²) in [5.41, 5.74) is -0.0498. The SMILES string of the molecule is CCc1cc2c(=O)[nH]c(COC3CCCCC3C)nc2s1. The first-order valence-corrected chi connectivity index (χ1v) is 8.62. The van der Waals surface area contributed by atoms with Gasteiger partial charge in [0.05, 0.1) is 11.5 Å². The smallest absolute Gasteiger partial charge is 0.259 e. The second-order valence-corrected chi connectivity index (χ2v) is 7.02. The quantitative estimate of drug-likeness (QED) is 0.938. The van der Waals surface area contributed by atoms with Crippen LogP contribution >= 0.6 is 11.3 Å². The van der Waals surface area contributed by atoms with Gasteiger partial charge in [0, 0.05) is 4.88 Å². The van der Waals surface area contributed by atoms with E-state index in [1.165, 1.54) is 24.1 Å². The van der Waals surface area contributed by atoms with Gasteiger partial charge in [-0.3, -0.25) is 4.79 Å². The zero-order chi connectivity index (χ0) is 14.8. The van der Waals surface area contributed by atoms with Gasteiger partial charge in [0.2, 0.25) is 0 Å². The molecule has 2 aromatic rings. The summed E-state index contributed by atoms with van der Waals surface area (Å²) < 4.78 is 5.99. The highest BCUT2D eigenvalue weighted by Gasteiger charge is 2.22. The van der Waals surface area contributed by atoms with Gasteiger partial charge < -0.3 is 9.72 Å². The first-order valence-electron chi connectivity index (χ1n) is 7.80. The molecule has 1 aliphatic rings. The van der Waals surface area contributed by atoms with Gasteiger partial charge in [-0.25, -0.2) is 4.98 Å². The molecule has 5 heteroatoms. The molecule has 4 nitrogen and oxygen atoms in total. The predicted molar refractivity (Wildman–Crippen MR) is 85.8 cm³/mol. The van der Waals surface area contributed by atoms with Gasteiger partial charge in [-0.05, 0) is 31.2 Å². The number of fused-ring (bicyclic) bond motifs is 1. The van der Waals surface area contributed by atoms with Crippen molar-refractivity contribution < 1.29 is 4.74 Å². The van der Waals surface area contributed by atoms with Crippen molar-refractivity contribution in [1.29, 1.82) is 0 Å². The molecule has 0 aromatic carbocycles. The van der Waals surface area contributed by atoms with Crippen molar-refractivity contribution in [3.8, 4) is 0 Å². The van der Waals surface area contributed by atoms with E-state index in [4.69, 9.17) is 4.74 Å². The second kappa shape index (κ2) is 6.28. The van der Waals surface area contributed by atoms with Crippen LogP contribution in [-0.4, -0.2) is 16.1 Å². The largest absolute Gasteiger partial charge is 0.370 e. The maximum absolute atomic E-state index is 12.1. The third-order valence-corrected chi connectivity index (χ3v) is 5.49. The molecule has 2 aromatic heterocycles. The summed E-state index contributed by atoms with van der Waals surface area (Å²) in [7, 11) is 0. The molecule has 2 heterocycles. The van der Waals surface area contributed by atoms with Crippen LogP contribution in [0.4, 0.5) is 0 Å². The molecule has 0 radical (unpaired) electrons. The number of aryl methyl sites for hydroxylation is 1. The van der Waals surface area contributed by atoms with E-state index in [0.717, 1.165) is 17.7 Å². The van der Waals surface area contributed by atoms with Gasteiger partial charge in [0.1, 0.15) is 17.3 Å². The van der Waals surface area contributed by atoms with Crippen molar-refractivity contribution in [2.45, 2.75) is 58.7 Å². The highest BCUT2D eigenvalue weighted by Crippen LogP contribution is 2.27. The van der Waals surface area contributed by atoms with Crippen LogP contribution in [0.3, 0.4) is 0 Å². The maximum Gasteiger partial charge on any atom is 0.259 e. The van der Waals surface area contributed by atoms with E-state index in [0.29, 0.717) is 29.8 Å². The lowest BCUT2D eigenvalue weighted by molar-refractivity contribution is -0.0181. The molecule has 1 saturated carbocycles. The minimum Gasteiger partial charge on any atom is -0.370 e. The van der Waals surface area contributed by atoms with Crippen molar-refractivity contribution in [2.24, 2.45) is 5.92 Å². The van der Waals surface area contributed by atoms with Gasteiger partial charge in [0.15, 0.2) is 0 Å². The van der Waals surface area contributed by atoms with Gasteiger partial charge in [-0.1, -0.05) is 26.7 Å². The van der Waals surface area contributed by atoms with Crippen LogP contribution in [0.5, 0.6) is 0 Å². The Labute approximate surface area is 128 Å². The lowest BCUT2D eigenvalue weighted by Gasteiger charge is -2.28. The second-order valence-electron chi connectivity index (χ2n) is 5.91. The van der Waals surface area contributed by atoms with Crippen LogP contribution in [0, 0.1) is 5.92 Å². The number of aromatic nitrogens is 2. The first-order chi connectivity index (χ1) is 10.2. The van der Waals surface area contributed by atoms with E-state index in [1.54, 1.807) is 11.3 Å². The molecule has 0 aliphatic heterocycles. The molecule has 0 saturated heterocycles. The lowest BCUT2D eigenvalue weighted by Crippen LogP contribution is -2.26. The number of thiophene rings is 1. The molecule has 1 fully saturated rings. The van der Waals surface area contributed by atoms with Crippen LogP contribution in [0.1, 0.15) is 50.2 Å². The number of ether oxygens (including phenoxy) is 1. The van der Waals surface area contributed by atoms with E-state index < -0.39 is 0 Å². The fraction of sp³-hybridized carbons (Fsp3) is 0.625. The summed E-state index contributed by atoms with van der Waals surface area (Å²) >= 11 is 1.60. The monoisotopic (exact) mass is 306 g/mol. The zero-order valence-electron chi connectivity index (χ0n) is 12.6. The molecule has 0 spiro atoms. The van der Waals surface area contributed by atoms with Crippen LogP contribution in [0.15, 0.2) is 10.9 Å². The van der Waals surface area contributed by atoms with Gasteiger partial charge in [-0.2, -0.15) is 0 Å². The molecule has 2 unspecified atom stereocenters. The van der Waals surface area contributed by atoms with Crippen molar-refractivity contribution in [2.75, 3.05) is 0 Å². The van der Waals surface area contributed by atoms with Crippen molar-refractivity contribution in [3.63, 3.8) is 0 Å². The Morgan fingerprint density at radius 1 is 1.43 bits per heavy atom. The van der Waals surface area contributed by atoms with Gasteiger partial charge in [0.25, 0.3) is 5.56 Å². The Morgan fingerprint density at radius 3 is 3.00 bits per heavy atom. The van der Waals surface area contributed by atoms with Crippen LogP contribution in [0.2, 0.25) is 0 Å². The third-order valence-electron chi connectivity index (χ3n) is 4.32. The summed E-state index contributed by atoms with van der Waals surface area (Å²) in [6, 6.07) is 1.94. The molecular formula is C16H22N2O2S. The Kier molecular flexibility index (Phi) is 4.40. The fourth-order valence-corrected chi connectivity index (χ4v) is 3.97.